The quantitative estimate of drug-likeness (QED) is 0.453. The highest BCUT2D eigenvalue weighted by Gasteiger charge is 2.33. The van der Waals surface area contributed by atoms with E-state index in [4.69, 9.17) is 14.5 Å². The highest BCUT2D eigenvalue weighted by atomic mass is 16.6. The summed E-state index contributed by atoms with van der Waals surface area (Å²) < 4.78 is 12.0. The van der Waals surface area contributed by atoms with Gasteiger partial charge in [0.1, 0.15) is 17.4 Å². The first-order valence-electron chi connectivity index (χ1n) is 13.7. The molecule has 2 aromatic heterocycles. The van der Waals surface area contributed by atoms with Crippen molar-refractivity contribution in [1.82, 2.24) is 20.2 Å². The van der Waals surface area contributed by atoms with Crippen molar-refractivity contribution in [2.45, 2.75) is 63.9 Å². The molecule has 4 heterocycles. The van der Waals surface area contributed by atoms with Gasteiger partial charge >= 0.3 is 6.09 Å². The lowest BCUT2D eigenvalue weighted by atomic mass is 10.1. The number of carbonyl (C=O) groups excluding carboxylic acids is 1. The zero-order valence-corrected chi connectivity index (χ0v) is 23.2. The fourth-order valence-corrected chi connectivity index (χ4v) is 4.79. The molecule has 0 spiro atoms. The average molecular weight is 541 g/mol. The average Bonchev–Trinajstić information content (AvgIpc) is 3.43. The zero-order valence-electron chi connectivity index (χ0n) is 23.2. The van der Waals surface area contributed by atoms with Gasteiger partial charge in [-0.2, -0.15) is 0 Å². The second-order valence-corrected chi connectivity index (χ2v) is 11.1. The normalized spacial score (nSPS) is 20.7. The number of nitrogens with one attached hydrogen (secondary N) is 1. The van der Waals surface area contributed by atoms with Crippen molar-refractivity contribution < 1.29 is 14.3 Å². The van der Waals surface area contributed by atoms with Gasteiger partial charge in [0, 0.05) is 55.7 Å². The van der Waals surface area contributed by atoms with E-state index in [1.807, 2.05) is 68.4 Å². The Bertz CT molecular complexity index is 1320. The second kappa shape index (κ2) is 12.4. The number of amides is 1. The van der Waals surface area contributed by atoms with Crippen LogP contribution in [-0.4, -0.2) is 63.8 Å². The summed E-state index contributed by atoms with van der Waals surface area (Å²) in [5, 5.41) is 3.52. The van der Waals surface area contributed by atoms with E-state index in [0.29, 0.717) is 24.7 Å². The zero-order chi connectivity index (χ0) is 28.0. The lowest BCUT2D eigenvalue weighted by molar-refractivity contribution is 0.0226. The van der Waals surface area contributed by atoms with Gasteiger partial charge in [-0.25, -0.2) is 9.79 Å². The summed E-state index contributed by atoms with van der Waals surface area (Å²) in [5.41, 5.74) is 2.67. The van der Waals surface area contributed by atoms with Gasteiger partial charge in [-0.15, -0.1) is 0 Å². The van der Waals surface area contributed by atoms with Crippen molar-refractivity contribution in [1.29, 1.82) is 0 Å². The van der Waals surface area contributed by atoms with Crippen LogP contribution in [-0.2, 0) is 11.2 Å². The van der Waals surface area contributed by atoms with Crippen LogP contribution in [0.25, 0.3) is 0 Å². The maximum Gasteiger partial charge on any atom is 0.410 e. The van der Waals surface area contributed by atoms with Gasteiger partial charge in [0.2, 0.25) is 5.90 Å². The monoisotopic (exact) mass is 540 g/mol. The minimum atomic E-state index is -0.532. The molecule has 0 bridgehead atoms. The largest absolute Gasteiger partial charge is 0.444 e. The Kier molecular flexibility index (Phi) is 8.50. The number of hydrogen-bond acceptors (Lipinski definition) is 8. The minimum Gasteiger partial charge on any atom is -0.444 e. The first-order valence-corrected chi connectivity index (χ1v) is 13.7. The molecule has 1 saturated heterocycles. The van der Waals surface area contributed by atoms with Crippen LogP contribution >= 0.6 is 0 Å². The summed E-state index contributed by atoms with van der Waals surface area (Å²) >= 11 is 0. The van der Waals surface area contributed by atoms with Crippen LogP contribution in [0, 0.1) is 0 Å². The van der Waals surface area contributed by atoms with Gasteiger partial charge in [0.15, 0.2) is 6.17 Å². The summed E-state index contributed by atoms with van der Waals surface area (Å²) in [6, 6.07) is 15.5. The molecule has 1 fully saturated rings. The van der Waals surface area contributed by atoms with E-state index in [1.165, 1.54) is 5.56 Å². The van der Waals surface area contributed by atoms with Crippen LogP contribution in [0.3, 0.4) is 0 Å². The molecule has 2 aliphatic heterocycles. The lowest BCUT2D eigenvalue weighted by Gasteiger charge is -2.30. The third-order valence-electron chi connectivity index (χ3n) is 6.73. The Morgan fingerprint density at radius 1 is 1.02 bits per heavy atom. The van der Waals surface area contributed by atoms with Crippen molar-refractivity contribution in [2.75, 3.05) is 13.1 Å². The van der Waals surface area contributed by atoms with E-state index in [0.717, 1.165) is 30.4 Å². The summed E-state index contributed by atoms with van der Waals surface area (Å²) in [6.07, 6.45) is 10.9. The number of aromatic nitrogens is 2. The SMILES string of the molecule is CC(C)(C)OC(=O)N1CCCC1CNC1C=NC(c2cccnc2)N=C1Oc1ccc(Cc2cccnc2)cc1. The van der Waals surface area contributed by atoms with E-state index < -0.39 is 11.8 Å². The maximum atomic E-state index is 12.8. The third kappa shape index (κ3) is 7.30. The summed E-state index contributed by atoms with van der Waals surface area (Å²) in [5.74, 6) is 1.21. The number of carbonyl (C=O) groups is 1. The molecule has 1 N–H and O–H groups in total. The van der Waals surface area contributed by atoms with Crippen molar-refractivity contribution in [3.63, 3.8) is 0 Å². The molecule has 3 atom stereocenters. The van der Waals surface area contributed by atoms with Gasteiger partial charge in [0.25, 0.3) is 0 Å². The summed E-state index contributed by atoms with van der Waals surface area (Å²) in [4.78, 5) is 32.5. The number of pyridine rings is 2. The van der Waals surface area contributed by atoms with Crippen molar-refractivity contribution in [2.24, 2.45) is 9.98 Å². The minimum absolute atomic E-state index is 0.0207. The van der Waals surface area contributed by atoms with Crippen LogP contribution in [0.1, 0.15) is 56.5 Å². The molecule has 5 rings (SSSR count). The molecule has 3 unspecified atom stereocenters. The third-order valence-corrected chi connectivity index (χ3v) is 6.73. The van der Waals surface area contributed by atoms with Gasteiger partial charge in [-0.3, -0.25) is 20.3 Å². The Morgan fingerprint density at radius 3 is 2.50 bits per heavy atom. The van der Waals surface area contributed by atoms with Crippen molar-refractivity contribution in [3.8, 4) is 5.75 Å². The number of benzene rings is 1. The number of hydrogen-bond donors (Lipinski definition) is 1. The molecule has 0 saturated carbocycles. The van der Waals surface area contributed by atoms with Gasteiger partial charge in [0.05, 0.1) is 0 Å². The Labute approximate surface area is 235 Å². The molecule has 0 radical (unpaired) electrons. The summed E-state index contributed by atoms with van der Waals surface area (Å²) in [6.45, 7) is 6.91. The van der Waals surface area contributed by atoms with Gasteiger partial charge in [-0.05, 0) is 75.4 Å². The molecule has 2 aliphatic rings. The topological polar surface area (TPSA) is 101 Å². The molecule has 9 nitrogen and oxygen atoms in total. The predicted octanol–water partition coefficient (Wildman–Crippen LogP) is 4.99. The van der Waals surface area contributed by atoms with Crippen LogP contribution in [0.2, 0.25) is 0 Å². The first-order chi connectivity index (χ1) is 19.3. The second-order valence-electron chi connectivity index (χ2n) is 11.1. The Hall–Kier alpha value is -4.11. The van der Waals surface area contributed by atoms with Crippen molar-refractivity contribution >= 4 is 18.2 Å². The molecule has 0 aliphatic carbocycles. The highest BCUT2D eigenvalue weighted by Crippen LogP contribution is 2.24. The number of likely N-dealkylation sites (tertiary alicyclic amines) is 1. The van der Waals surface area contributed by atoms with E-state index in [9.17, 15) is 4.79 Å². The maximum absolute atomic E-state index is 12.8. The van der Waals surface area contributed by atoms with E-state index in [1.54, 1.807) is 18.6 Å². The number of nitrogens with zero attached hydrogens (tertiary/aromatic N) is 5. The van der Waals surface area contributed by atoms with Crippen LogP contribution in [0.15, 0.2) is 83.3 Å². The molecule has 40 heavy (non-hydrogen) atoms. The smallest absolute Gasteiger partial charge is 0.410 e. The van der Waals surface area contributed by atoms with Crippen LogP contribution in [0.5, 0.6) is 5.75 Å². The Balaban J connectivity index is 1.28. The number of rotatable bonds is 7. The molecule has 208 valence electrons. The van der Waals surface area contributed by atoms with E-state index in [-0.39, 0.29) is 18.2 Å². The predicted molar refractivity (Wildman–Crippen MR) is 155 cm³/mol. The standard InChI is InChI=1S/C31H36N6O3/c1-31(2,3)40-30(38)37-16-6-9-25(37)20-34-27-21-35-28(24-8-5-15-33-19-24)36-29(27)39-26-12-10-22(11-13-26)17-23-7-4-14-32-18-23/h4-5,7-8,10-15,18-19,21,25,27-28,34H,6,9,16-17,20H2,1-3H3. The number of ether oxygens (including phenoxy) is 2. The fraction of sp³-hybridized carbons (Fsp3) is 0.387. The molecule has 9 heteroatoms. The van der Waals surface area contributed by atoms with Crippen LogP contribution in [0.4, 0.5) is 4.79 Å². The summed E-state index contributed by atoms with van der Waals surface area (Å²) in [7, 11) is 0. The van der Waals surface area contributed by atoms with Gasteiger partial charge in [-0.1, -0.05) is 24.3 Å². The fourth-order valence-electron chi connectivity index (χ4n) is 4.79. The van der Waals surface area contributed by atoms with E-state index in [2.05, 4.69) is 38.5 Å². The molecule has 1 amide bonds. The lowest BCUT2D eigenvalue weighted by Crippen LogP contribution is -2.50. The molecule has 1 aromatic carbocycles. The first kappa shape index (κ1) is 27.5. The molecule has 3 aromatic rings. The van der Waals surface area contributed by atoms with E-state index >= 15 is 0 Å². The number of aliphatic imine (C=N–C) groups is 2. The van der Waals surface area contributed by atoms with Crippen molar-refractivity contribution in [3.05, 3.63) is 90.0 Å². The van der Waals surface area contributed by atoms with Crippen LogP contribution < -0.4 is 10.1 Å². The molecular weight excluding hydrogens is 504 g/mol. The van der Waals surface area contributed by atoms with Gasteiger partial charge < -0.3 is 14.4 Å². The molecular formula is C31H36N6O3. The highest BCUT2D eigenvalue weighted by molar-refractivity contribution is 6.00. The Morgan fingerprint density at radius 2 is 1.80 bits per heavy atom.